The number of rotatable bonds is 4. The summed E-state index contributed by atoms with van der Waals surface area (Å²) >= 11 is 0. The maximum Gasteiger partial charge on any atom is 0.123 e. The number of para-hydroxylation sites is 1. The van der Waals surface area contributed by atoms with Gasteiger partial charge in [-0.2, -0.15) is 0 Å². The number of hydrogen-bond acceptors (Lipinski definition) is 1. The average molecular weight is 282 g/mol. The highest BCUT2D eigenvalue weighted by atomic mass is 19.1. The maximum absolute atomic E-state index is 13.6. The highest BCUT2D eigenvalue weighted by Gasteiger charge is 2.07. The van der Waals surface area contributed by atoms with Gasteiger partial charge in [-0.3, -0.25) is 0 Å². The van der Waals surface area contributed by atoms with Crippen LogP contribution < -0.4 is 5.73 Å². The zero-order chi connectivity index (χ0) is 14.8. The molecule has 0 aliphatic carbocycles. The molecule has 0 amide bonds. The summed E-state index contributed by atoms with van der Waals surface area (Å²) in [6.07, 6.45) is 3.05. The molecule has 3 aromatic rings. The molecule has 0 radical (unpaired) electrons. The van der Waals surface area contributed by atoms with Crippen molar-refractivity contribution in [1.29, 1.82) is 0 Å². The van der Waals surface area contributed by atoms with Crippen molar-refractivity contribution in [2.24, 2.45) is 5.73 Å². The van der Waals surface area contributed by atoms with E-state index < -0.39 is 0 Å². The van der Waals surface area contributed by atoms with Crippen LogP contribution in [0.2, 0.25) is 0 Å². The van der Waals surface area contributed by atoms with Crippen molar-refractivity contribution in [2.45, 2.75) is 26.4 Å². The molecule has 1 heterocycles. The van der Waals surface area contributed by atoms with Gasteiger partial charge in [0.1, 0.15) is 5.82 Å². The minimum absolute atomic E-state index is 0.222. The third-order valence-corrected chi connectivity index (χ3v) is 3.86. The van der Waals surface area contributed by atoms with Crippen molar-refractivity contribution < 1.29 is 4.39 Å². The van der Waals surface area contributed by atoms with Crippen molar-refractivity contribution in [3.8, 4) is 0 Å². The van der Waals surface area contributed by atoms with E-state index in [1.807, 2.05) is 6.07 Å². The zero-order valence-corrected chi connectivity index (χ0v) is 12.1. The Morgan fingerprint density at radius 2 is 1.90 bits per heavy atom. The van der Waals surface area contributed by atoms with E-state index >= 15 is 0 Å². The van der Waals surface area contributed by atoms with Gasteiger partial charge >= 0.3 is 0 Å². The lowest BCUT2D eigenvalue weighted by Gasteiger charge is -2.10. The van der Waals surface area contributed by atoms with Crippen molar-refractivity contribution in [3.05, 3.63) is 71.2 Å². The molecule has 3 heteroatoms. The van der Waals surface area contributed by atoms with Crippen LogP contribution in [0.3, 0.4) is 0 Å². The molecular weight excluding hydrogens is 263 g/mol. The molecule has 2 N–H and O–H groups in total. The maximum atomic E-state index is 13.6. The van der Waals surface area contributed by atoms with Crippen LogP contribution in [-0.2, 0) is 19.5 Å². The molecule has 0 spiro atoms. The number of hydrogen-bond donors (Lipinski definition) is 1. The van der Waals surface area contributed by atoms with E-state index in [2.05, 4.69) is 42.0 Å². The zero-order valence-electron chi connectivity index (χ0n) is 12.1. The lowest BCUT2D eigenvalue weighted by molar-refractivity contribution is 0.621. The van der Waals surface area contributed by atoms with Gasteiger partial charge in [-0.05, 0) is 46.7 Å². The lowest BCUT2D eigenvalue weighted by Crippen LogP contribution is -2.03. The molecule has 0 atom stereocenters. The van der Waals surface area contributed by atoms with Crippen LogP contribution in [0.5, 0.6) is 0 Å². The van der Waals surface area contributed by atoms with E-state index in [9.17, 15) is 4.39 Å². The highest BCUT2D eigenvalue weighted by molar-refractivity contribution is 5.83. The first-order valence-corrected chi connectivity index (χ1v) is 7.26. The summed E-state index contributed by atoms with van der Waals surface area (Å²) in [6.45, 7) is 3.17. The van der Waals surface area contributed by atoms with Gasteiger partial charge in [-0.25, -0.2) is 4.39 Å². The van der Waals surface area contributed by atoms with Crippen molar-refractivity contribution in [2.75, 3.05) is 0 Å². The third kappa shape index (κ3) is 2.69. The van der Waals surface area contributed by atoms with Gasteiger partial charge in [-0.1, -0.05) is 31.2 Å². The summed E-state index contributed by atoms with van der Waals surface area (Å²) in [5.74, 6) is -0.222. The summed E-state index contributed by atoms with van der Waals surface area (Å²) < 4.78 is 15.8. The fourth-order valence-corrected chi connectivity index (χ4v) is 2.88. The van der Waals surface area contributed by atoms with E-state index in [1.54, 1.807) is 6.07 Å². The summed E-state index contributed by atoms with van der Waals surface area (Å²) in [5, 5.41) is 1.23. The average Bonchev–Trinajstić information content (AvgIpc) is 2.90. The van der Waals surface area contributed by atoms with Crippen molar-refractivity contribution >= 4 is 10.9 Å². The molecule has 0 aliphatic rings. The van der Waals surface area contributed by atoms with E-state index in [1.165, 1.54) is 22.5 Å². The Hall–Kier alpha value is -2.13. The first-order chi connectivity index (χ1) is 10.2. The Bertz CT molecular complexity index is 774. The van der Waals surface area contributed by atoms with E-state index in [0.717, 1.165) is 17.5 Å². The molecule has 1 aromatic heterocycles. The summed E-state index contributed by atoms with van der Waals surface area (Å²) in [4.78, 5) is 0. The van der Waals surface area contributed by atoms with Gasteiger partial charge < -0.3 is 10.3 Å². The van der Waals surface area contributed by atoms with Gasteiger partial charge in [0.05, 0.1) is 5.52 Å². The molecule has 2 nitrogen and oxygen atoms in total. The molecule has 0 unspecified atom stereocenters. The smallest absolute Gasteiger partial charge is 0.123 e. The second-order valence-corrected chi connectivity index (χ2v) is 5.32. The van der Waals surface area contributed by atoms with Crippen LogP contribution in [0.25, 0.3) is 10.9 Å². The molecular formula is C18H19FN2. The topological polar surface area (TPSA) is 30.9 Å². The number of nitrogens with zero attached hydrogens (tertiary/aromatic N) is 1. The number of halogens is 1. The molecule has 3 rings (SSSR count). The Balaban J connectivity index is 2.04. The predicted octanol–water partition coefficient (Wildman–Crippen LogP) is 3.85. The number of benzene rings is 2. The number of fused-ring (bicyclic) bond motifs is 1. The number of aromatic nitrogens is 1. The summed E-state index contributed by atoms with van der Waals surface area (Å²) in [5.41, 5.74) is 9.95. The molecule has 0 bridgehead atoms. The van der Waals surface area contributed by atoms with Crippen LogP contribution in [0.15, 0.2) is 48.7 Å². The van der Waals surface area contributed by atoms with Crippen LogP contribution in [0.4, 0.5) is 4.39 Å². The Labute approximate surface area is 124 Å². The predicted molar refractivity (Wildman–Crippen MR) is 84.7 cm³/mol. The third-order valence-electron chi connectivity index (χ3n) is 3.86. The van der Waals surface area contributed by atoms with Gasteiger partial charge in [0.2, 0.25) is 0 Å². The normalized spacial score (nSPS) is 11.2. The SMILES string of the molecule is CCc1cccc2ccn(Cc3cc(F)cc(CN)c3)c12. The lowest BCUT2D eigenvalue weighted by atomic mass is 10.1. The van der Waals surface area contributed by atoms with Gasteiger partial charge in [0.15, 0.2) is 0 Å². The van der Waals surface area contributed by atoms with Crippen LogP contribution in [0.1, 0.15) is 23.6 Å². The number of nitrogens with two attached hydrogens (primary N) is 1. The molecule has 0 aliphatic heterocycles. The van der Waals surface area contributed by atoms with Crippen molar-refractivity contribution in [3.63, 3.8) is 0 Å². The standard InChI is InChI=1S/C18H19FN2/c1-2-15-4-3-5-16-6-7-21(18(15)16)12-14-8-13(11-20)9-17(19)10-14/h3-10H,2,11-12,20H2,1H3. The Kier molecular flexibility index (Phi) is 3.76. The largest absolute Gasteiger partial charge is 0.343 e. The van der Waals surface area contributed by atoms with Crippen LogP contribution in [0, 0.1) is 5.82 Å². The Morgan fingerprint density at radius 3 is 2.67 bits per heavy atom. The minimum Gasteiger partial charge on any atom is -0.343 e. The molecule has 0 saturated carbocycles. The molecule has 21 heavy (non-hydrogen) atoms. The fraction of sp³-hybridized carbons (Fsp3) is 0.222. The van der Waals surface area contributed by atoms with E-state index in [-0.39, 0.29) is 5.82 Å². The second kappa shape index (κ2) is 5.70. The summed E-state index contributed by atoms with van der Waals surface area (Å²) in [6, 6.07) is 13.5. The molecule has 108 valence electrons. The number of aryl methyl sites for hydroxylation is 1. The van der Waals surface area contributed by atoms with Gasteiger partial charge in [-0.15, -0.1) is 0 Å². The first kappa shape index (κ1) is 13.8. The molecule has 0 saturated heterocycles. The fourth-order valence-electron chi connectivity index (χ4n) is 2.88. The molecule has 0 fully saturated rings. The monoisotopic (exact) mass is 282 g/mol. The first-order valence-electron chi connectivity index (χ1n) is 7.26. The van der Waals surface area contributed by atoms with Gasteiger partial charge in [0.25, 0.3) is 0 Å². The van der Waals surface area contributed by atoms with Gasteiger partial charge in [0, 0.05) is 19.3 Å². The summed E-state index contributed by atoms with van der Waals surface area (Å²) in [7, 11) is 0. The highest BCUT2D eigenvalue weighted by Crippen LogP contribution is 2.22. The minimum atomic E-state index is -0.222. The van der Waals surface area contributed by atoms with E-state index in [0.29, 0.717) is 13.1 Å². The van der Waals surface area contributed by atoms with Crippen LogP contribution >= 0.6 is 0 Å². The van der Waals surface area contributed by atoms with Crippen molar-refractivity contribution in [1.82, 2.24) is 4.57 Å². The van der Waals surface area contributed by atoms with Crippen LogP contribution in [-0.4, -0.2) is 4.57 Å². The molecule has 2 aromatic carbocycles. The van der Waals surface area contributed by atoms with E-state index in [4.69, 9.17) is 5.73 Å². The quantitative estimate of drug-likeness (QED) is 0.774. The Morgan fingerprint density at radius 1 is 1.10 bits per heavy atom. The second-order valence-electron chi connectivity index (χ2n) is 5.32.